The van der Waals surface area contributed by atoms with Crippen molar-refractivity contribution < 1.29 is 9.53 Å². The van der Waals surface area contributed by atoms with E-state index in [-0.39, 0.29) is 18.1 Å². The number of fused-ring (bicyclic) bond motifs is 1. The second kappa shape index (κ2) is 9.57. The number of carbonyl (C=O) groups excluding carboxylic acids is 1. The number of hydrogen-bond acceptors (Lipinski definition) is 8. The van der Waals surface area contributed by atoms with Crippen LogP contribution in [0.25, 0.3) is 10.2 Å². The van der Waals surface area contributed by atoms with Crippen LogP contribution >= 0.6 is 11.3 Å². The first-order valence-corrected chi connectivity index (χ1v) is 11.5. The third kappa shape index (κ3) is 4.77. The second-order valence-corrected chi connectivity index (χ2v) is 8.85. The van der Waals surface area contributed by atoms with Gasteiger partial charge in [-0.05, 0) is 56.7 Å². The molecule has 0 bridgehead atoms. The van der Waals surface area contributed by atoms with Crippen LogP contribution in [-0.2, 0) is 0 Å². The van der Waals surface area contributed by atoms with E-state index in [2.05, 4.69) is 25.6 Å². The molecule has 1 aliphatic carbocycles. The molecule has 0 aromatic carbocycles. The third-order valence-corrected chi connectivity index (χ3v) is 6.69. The fraction of sp³-hybridized carbons (Fsp3) is 0.455. The van der Waals surface area contributed by atoms with Crippen molar-refractivity contribution in [3.63, 3.8) is 0 Å². The number of amides is 1. The third-order valence-electron chi connectivity index (χ3n) is 5.49. The van der Waals surface area contributed by atoms with Gasteiger partial charge < -0.3 is 21.1 Å². The van der Waals surface area contributed by atoms with Crippen LogP contribution in [0.15, 0.2) is 24.7 Å². The predicted octanol–water partition coefficient (Wildman–Crippen LogP) is 3.93. The predicted molar refractivity (Wildman–Crippen MR) is 123 cm³/mol. The van der Waals surface area contributed by atoms with Gasteiger partial charge in [-0.3, -0.25) is 4.79 Å². The van der Waals surface area contributed by atoms with Gasteiger partial charge >= 0.3 is 0 Å². The van der Waals surface area contributed by atoms with Crippen molar-refractivity contribution in [3.05, 3.63) is 35.1 Å². The highest BCUT2D eigenvalue weighted by atomic mass is 32.1. The van der Waals surface area contributed by atoms with E-state index in [0.29, 0.717) is 23.1 Å². The average molecular weight is 441 g/mol. The minimum absolute atomic E-state index is 0.0748. The summed E-state index contributed by atoms with van der Waals surface area (Å²) in [5.74, 6) is 1.11. The number of carbonyl (C=O) groups is 1. The quantitative estimate of drug-likeness (QED) is 0.510. The number of hydrogen-bond donors (Lipinski definition) is 3. The van der Waals surface area contributed by atoms with Gasteiger partial charge in [0.25, 0.3) is 5.91 Å². The first-order valence-electron chi connectivity index (χ1n) is 10.7. The van der Waals surface area contributed by atoms with Crippen LogP contribution in [0.5, 0.6) is 5.88 Å². The normalized spacial score (nSPS) is 18.7. The minimum atomic E-state index is -0.0748. The van der Waals surface area contributed by atoms with E-state index >= 15 is 0 Å². The van der Waals surface area contributed by atoms with Gasteiger partial charge in [-0.15, -0.1) is 11.3 Å². The largest absolute Gasteiger partial charge is 0.473 e. The molecule has 9 heteroatoms. The summed E-state index contributed by atoms with van der Waals surface area (Å²) in [6.07, 6.45) is 8.00. The number of aryl methyl sites for hydroxylation is 1. The number of nitrogens with one attached hydrogen (secondary N) is 2. The highest BCUT2D eigenvalue weighted by molar-refractivity contribution is 7.20. The number of nitrogens with zero attached hydrogens (tertiary/aromatic N) is 3. The number of anilines is 2. The van der Waals surface area contributed by atoms with Crippen molar-refractivity contribution in [2.75, 3.05) is 11.9 Å². The maximum absolute atomic E-state index is 12.6. The van der Waals surface area contributed by atoms with Crippen LogP contribution in [0.1, 0.15) is 54.3 Å². The maximum atomic E-state index is 12.6. The summed E-state index contributed by atoms with van der Waals surface area (Å²) in [4.78, 5) is 27.2. The van der Waals surface area contributed by atoms with Crippen molar-refractivity contribution in [1.29, 1.82) is 0 Å². The monoisotopic (exact) mass is 440 g/mol. The lowest BCUT2D eigenvalue weighted by molar-refractivity contribution is 0.0957. The van der Waals surface area contributed by atoms with Gasteiger partial charge in [-0.2, -0.15) is 0 Å². The highest BCUT2D eigenvalue weighted by Gasteiger charge is 2.23. The summed E-state index contributed by atoms with van der Waals surface area (Å²) in [6.45, 7) is 4.60. The lowest BCUT2D eigenvalue weighted by atomic mass is 9.94. The highest BCUT2D eigenvalue weighted by Crippen LogP contribution is 2.36. The van der Waals surface area contributed by atoms with E-state index in [1.807, 2.05) is 26.0 Å². The number of rotatable bonds is 7. The zero-order valence-corrected chi connectivity index (χ0v) is 18.7. The summed E-state index contributed by atoms with van der Waals surface area (Å²) < 4.78 is 6.20. The molecule has 4 N–H and O–H groups in total. The van der Waals surface area contributed by atoms with Crippen molar-refractivity contribution in [2.45, 2.75) is 58.1 Å². The van der Waals surface area contributed by atoms with Gasteiger partial charge in [-0.1, -0.05) is 6.92 Å². The maximum Gasteiger partial charge on any atom is 0.261 e. The first kappa shape index (κ1) is 21.5. The standard InChI is InChI=1S/C22H28N6O2S/c1-3-10-24-20(29)18-13(2)17-19(26-12-27-22(17)31-18)28-16-5-4-11-25-21(16)30-15-8-6-14(23)7-9-15/h4-5,11-12,14-15H,3,6-10,23H2,1-2H3,(H,24,29)(H,26,27,28)/t14-,15-. The van der Waals surface area contributed by atoms with Gasteiger partial charge in [0.1, 0.15) is 28.8 Å². The summed E-state index contributed by atoms with van der Waals surface area (Å²) in [6, 6.07) is 4.04. The Kier molecular flexibility index (Phi) is 6.62. The van der Waals surface area contributed by atoms with Gasteiger partial charge in [0.2, 0.25) is 5.88 Å². The number of thiophene rings is 1. The van der Waals surface area contributed by atoms with Crippen molar-refractivity contribution in [2.24, 2.45) is 5.73 Å². The smallest absolute Gasteiger partial charge is 0.261 e. The van der Waals surface area contributed by atoms with Crippen molar-refractivity contribution in [3.8, 4) is 5.88 Å². The van der Waals surface area contributed by atoms with Gasteiger partial charge in [0.15, 0.2) is 0 Å². The summed E-state index contributed by atoms with van der Waals surface area (Å²) >= 11 is 1.38. The van der Waals surface area contributed by atoms with Crippen LogP contribution < -0.4 is 21.1 Å². The Morgan fingerprint density at radius 2 is 2.06 bits per heavy atom. The number of ether oxygens (including phenoxy) is 1. The molecule has 31 heavy (non-hydrogen) atoms. The fourth-order valence-corrected chi connectivity index (χ4v) is 4.84. The van der Waals surface area contributed by atoms with Crippen LogP contribution in [-0.4, -0.2) is 39.5 Å². The number of pyridine rings is 1. The zero-order valence-electron chi connectivity index (χ0n) is 17.9. The molecular formula is C22H28N6O2S. The molecule has 1 aliphatic rings. The lowest BCUT2D eigenvalue weighted by Crippen LogP contribution is -2.31. The molecular weight excluding hydrogens is 412 g/mol. The molecule has 1 fully saturated rings. The topological polar surface area (TPSA) is 115 Å². The molecule has 0 atom stereocenters. The Bertz CT molecular complexity index is 1060. The Morgan fingerprint density at radius 1 is 1.26 bits per heavy atom. The van der Waals surface area contributed by atoms with E-state index in [1.54, 1.807) is 6.20 Å². The summed E-state index contributed by atoms with van der Waals surface area (Å²) in [5.41, 5.74) is 7.62. The Morgan fingerprint density at radius 3 is 2.84 bits per heavy atom. The van der Waals surface area contributed by atoms with Crippen LogP contribution in [0.3, 0.4) is 0 Å². The molecule has 8 nitrogen and oxygen atoms in total. The van der Waals surface area contributed by atoms with Gasteiger partial charge in [0.05, 0.1) is 10.3 Å². The molecule has 0 radical (unpaired) electrons. The molecule has 0 aliphatic heterocycles. The second-order valence-electron chi connectivity index (χ2n) is 7.85. The van der Waals surface area contributed by atoms with E-state index in [0.717, 1.165) is 53.6 Å². The van der Waals surface area contributed by atoms with Crippen molar-refractivity contribution in [1.82, 2.24) is 20.3 Å². The molecule has 164 valence electrons. The van der Waals surface area contributed by atoms with E-state index in [9.17, 15) is 4.79 Å². The average Bonchev–Trinajstić information content (AvgIpc) is 3.12. The number of aromatic nitrogens is 3. The lowest BCUT2D eigenvalue weighted by Gasteiger charge is -2.27. The van der Waals surface area contributed by atoms with Crippen molar-refractivity contribution >= 4 is 39.0 Å². The minimum Gasteiger partial charge on any atom is -0.473 e. The Balaban J connectivity index is 1.60. The number of nitrogens with two attached hydrogens (primary N) is 1. The molecule has 1 amide bonds. The molecule has 4 rings (SSSR count). The zero-order chi connectivity index (χ0) is 21.8. The Labute approximate surface area is 185 Å². The summed E-state index contributed by atoms with van der Waals surface area (Å²) in [5, 5.41) is 7.14. The molecule has 3 aromatic heterocycles. The van der Waals surface area contributed by atoms with Crippen LogP contribution in [0.4, 0.5) is 11.5 Å². The Hall–Kier alpha value is -2.78. The molecule has 1 saturated carbocycles. The van der Waals surface area contributed by atoms with Gasteiger partial charge in [0, 0.05) is 18.8 Å². The van der Waals surface area contributed by atoms with E-state index in [4.69, 9.17) is 10.5 Å². The fourth-order valence-electron chi connectivity index (χ4n) is 3.77. The van der Waals surface area contributed by atoms with E-state index < -0.39 is 0 Å². The first-order chi connectivity index (χ1) is 15.1. The van der Waals surface area contributed by atoms with Crippen LogP contribution in [0, 0.1) is 6.92 Å². The van der Waals surface area contributed by atoms with E-state index in [1.165, 1.54) is 17.7 Å². The molecule has 0 saturated heterocycles. The molecule has 3 aromatic rings. The SMILES string of the molecule is CCCNC(=O)c1sc2ncnc(Nc3cccnc3O[C@H]3CC[C@H](N)CC3)c2c1C. The van der Waals surface area contributed by atoms with Gasteiger partial charge in [-0.25, -0.2) is 15.0 Å². The van der Waals surface area contributed by atoms with Crippen LogP contribution in [0.2, 0.25) is 0 Å². The molecule has 0 unspecified atom stereocenters. The summed E-state index contributed by atoms with van der Waals surface area (Å²) in [7, 11) is 0. The molecule has 3 heterocycles. The molecule has 0 spiro atoms.